The Hall–Kier alpha value is -3.78. The van der Waals surface area contributed by atoms with Crippen LogP contribution in [0.1, 0.15) is 25.8 Å². The summed E-state index contributed by atoms with van der Waals surface area (Å²) in [6.07, 6.45) is 17.2. The van der Waals surface area contributed by atoms with Gasteiger partial charge in [0, 0.05) is 33.3 Å². The van der Waals surface area contributed by atoms with E-state index in [4.69, 9.17) is 0 Å². The van der Waals surface area contributed by atoms with Crippen molar-refractivity contribution in [2.75, 3.05) is 4.90 Å². The highest BCUT2D eigenvalue weighted by Gasteiger charge is 2.46. The Morgan fingerprint density at radius 1 is 0.882 bits per heavy atom. The molecule has 0 fully saturated rings. The van der Waals surface area contributed by atoms with Crippen LogP contribution in [-0.2, 0) is 5.41 Å². The first-order valence-electron chi connectivity index (χ1n) is 12.3. The van der Waals surface area contributed by atoms with Crippen LogP contribution in [0.5, 0.6) is 0 Å². The molecule has 166 valence electrons. The molecular formula is C32H28N2. The van der Waals surface area contributed by atoms with Gasteiger partial charge in [-0.15, -0.1) is 0 Å². The molecule has 3 aromatic carbocycles. The number of para-hydroxylation sites is 2. The second-order valence-electron chi connectivity index (χ2n) is 10.1. The van der Waals surface area contributed by atoms with Crippen LogP contribution in [0.15, 0.2) is 109 Å². The number of fused-ring (bicyclic) bond motifs is 6. The molecule has 0 amide bonds. The van der Waals surface area contributed by atoms with Gasteiger partial charge >= 0.3 is 0 Å². The minimum Gasteiger partial charge on any atom is -0.333 e. The zero-order chi connectivity index (χ0) is 22.9. The maximum atomic E-state index is 2.53. The van der Waals surface area contributed by atoms with E-state index in [1.165, 1.54) is 44.4 Å². The summed E-state index contributed by atoms with van der Waals surface area (Å²) in [4.78, 5) is 2.53. The summed E-state index contributed by atoms with van der Waals surface area (Å²) in [5, 5.41) is 2.61. The molecule has 2 nitrogen and oxygen atoms in total. The van der Waals surface area contributed by atoms with Crippen molar-refractivity contribution in [3.05, 3.63) is 115 Å². The van der Waals surface area contributed by atoms with E-state index >= 15 is 0 Å². The second-order valence-corrected chi connectivity index (χ2v) is 10.1. The summed E-state index contributed by atoms with van der Waals surface area (Å²) in [6.45, 7) is 4.66. The molecule has 0 saturated heterocycles. The van der Waals surface area contributed by atoms with E-state index in [1.54, 1.807) is 0 Å². The van der Waals surface area contributed by atoms with Gasteiger partial charge in [0.15, 0.2) is 0 Å². The quantitative estimate of drug-likeness (QED) is 0.305. The van der Waals surface area contributed by atoms with Gasteiger partial charge in [0.2, 0.25) is 0 Å². The lowest BCUT2D eigenvalue weighted by Gasteiger charge is -2.34. The van der Waals surface area contributed by atoms with Crippen molar-refractivity contribution in [3.8, 4) is 0 Å². The first-order valence-corrected chi connectivity index (χ1v) is 12.3. The fourth-order valence-electron chi connectivity index (χ4n) is 6.27. The summed E-state index contributed by atoms with van der Waals surface area (Å²) in [5.41, 5.74) is 7.74. The highest BCUT2D eigenvalue weighted by molar-refractivity contribution is 6.11. The van der Waals surface area contributed by atoms with E-state index in [-0.39, 0.29) is 11.5 Å². The Labute approximate surface area is 200 Å². The van der Waals surface area contributed by atoms with Gasteiger partial charge in [-0.2, -0.15) is 0 Å². The van der Waals surface area contributed by atoms with Crippen molar-refractivity contribution in [2.45, 2.75) is 31.7 Å². The van der Waals surface area contributed by atoms with Crippen LogP contribution in [0.2, 0.25) is 0 Å². The predicted molar refractivity (Wildman–Crippen MR) is 145 cm³/mol. The molecule has 7 rings (SSSR count). The van der Waals surface area contributed by atoms with Crippen LogP contribution in [-0.4, -0.2) is 10.6 Å². The molecule has 0 spiro atoms. The van der Waals surface area contributed by atoms with Crippen LogP contribution in [0.3, 0.4) is 0 Å². The molecule has 2 aliphatic carbocycles. The van der Waals surface area contributed by atoms with E-state index < -0.39 is 0 Å². The van der Waals surface area contributed by atoms with Crippen LogP contribution >= 0.6 is 0 Å². The molecule has 34 heavy (non-hydrogen) atoms. The number of hydrogen-bond acceptors (Lipinski definition) is 1. The third kappa shape index (κ3) is 2.63. The lowest BCUT2D eigenvalue weighted by Crippen LogP contribution is -2.39. The van der Waals surface area contributed by atoms with E-state index in [9.17, 15) is 0 Å². The van der Waals surface area contributed by atoms with E-state index in [2.05, 4.69) is 133 Å². The number of hydrogen-bond donors (Lipinski definition) is 0. The Morgan fingerprint density at radius 3 is 2.62 bits per heavy atom. The third-order valence-corrected chi connectivity index (χ3v) is 7.93. The summed E-state index contributed by atoms with van der Waals surface area (Å²) >= 11 is 0. The normalized spacial score (nSPS) is 25.1. The van der Waals surface area contributed by atoms with Crippen molar-refractivity contribution in [2.24, 2.45) is 5.92 Å². The van der Waals surface area contributed by atoms with Gasteiger partial charge in [-0.05, 0) is 61.2 Å². The summed E-state index contributed by atoms with van der Waals surface area (Å²) in [6, 6.07) is 25.0. The highest BCUT2D eigenvalue weighted by atomic mass is 15.2. The van der Waals surface area contributed by atoms with E-state index in [0.29, 0.717) is 5.92 Å². The van der Waals surface area contributed by atoms with Crippen LogP contribution in [0.4, 0.5) is 11.4 Å². The molecule has 0 saturated carbocycles. The molecule has 3 unspecified atom stereocenters. The Kier molecular flexibility index (Phi) is 4.11. The molecule has 4 aromatic rings. The van der Waals surface area contributed by atoms with Gasteiger partial charge < -0.3 is 9.47 Å². The number of anilines is 2. The maximum Gasteiger partial charge on any atom is 0.0655 e. The van der Waals surface area contributed by atoms with Crippen molar-refractivity contribution in [1.82, 2.24) is 4.57 Å². The minimum absolute atomic E-state index is 0.0257. The van der Waals surface area contributed by atoms with Crippen LogP contribution < -0.4 is 4.90 Å². The summed E-state index contributed by atoms with van der Waals surface area (Å²) < 4.78 is 2.44. The number of rotatable bonds is 2. The number of benzene rings is 3. The average Bonchev–Trinajstić information content (AvgIpc) is 3.33. The zero-order valence-corrected chi connectivity index (χ0v) is 19.6. The topological polar surface area (TPSA) is 8.17 Å². The van der Waals surface area contributed by atoms with E-state index in [1.807, 2.05) is 0 Å². The first-order chi connectivity index (χ1) is 16.6. The minimum atomic E-state index is -0.0257. The fourth-order valence-corrected chi connectivity index (χ4v) is 6.27. The Morgan fingerprint density at radius 2 is 1.71 bits per heavy atom. The SMILES string of the molecule is CC1C=C(n2c3ccccc3c3cc(N4c5ccccc5C5(C)C=CC=CC45)ccc32)C=CC1. The number of allylic oxidation sites excluding steroid dienone is 6. The molecule has 2 heteroatoms. The molecule has 1 aromatic heterocycles. The lowest BCUT2D eigenvalue weighted by molar-refractivity contribution is 0.551. The van der Waals surface area contributed by atoms with Gasteiger partial charge in [-0.3, -0.25) is 0 Å². The molecule has 0 N–H and O–H groups in total. The average molecular weight is 441 g/mol. The monoisotopic (exact) mass is 440 g/mol. The molecular weight excluding hydrogens is 412 g/mol. The summed E-state index contributed by atoms with van der Waals surface area (Å²) in [5.74, 6) is 0.556. The third-order valence-electron chi connectivity index (χ3n) is 7.93. The number of nitrogens with zero attached hydrogens (tertiary/aromatic N) is 2. The Balaban J connectivity index is 1.47. The van der Waals surface area contributed by atoms with Gasteiger partial charge in [0.25, 0.3) is 0 Å². The van der Waals surface area contributed by atoms with E-state index in [0.717, 1.165) is 6.42 Å². The van der Waals surface area contributed by atoms with Gasteiger partial charge in [-0.25, -0.2) is 0 Å². The van der Waals surface area contributed by atoms with Crippen molar-refractivity contribution in [1.29, 1.82) is 0 Å². The summed E-state index contributed by atoms with van der Waals surface area (Å²) in [7, 11) is 0. The van der Waals surface area contributed by atoms with Crippen LogP contribution in [0.25, 0.3) is 27.5 Å². The standard InChI is InChI=1S/C32H28N2/c1-22-10-9-11-23(20-22)33-28-14-5-3-12-25(28)26-21-24(17-18-29(26)33)34-30-15-6-4-13-27(30)32(2)19-8-7-16-31(32)34/h3-9,11-22,31H,10H2,1-2H3. The van der Waals surface area contributed by atoms with Crippen molar-refractivity contribution in [3.63, 3.8) is 0 Å². The fraction of sp³-hybridized carbons (Fsp3) is 0.188. The second kappa shape index (κ2) is 7.11. The molecule has 2 heterocycles. The van der Waals surface area contributed by atoms with Gasteiger partial charge in [0.05, 0.1) is 17.1 Å². The largest absolute Gasteiger partial charge is 0.333 e. The first kappa shape index (κ1) is 19.7. The lowest BCUT2D eigenvalue weighted by atomic mass is 9.76. The smallest absolute Gasteiger partial charge is 0.0655 e. The zero-order valence-electron chi connectivity index (χ0n) is 19.6. The molecule has 0 bridgehead atoms. The van der Waals surface area contributed by atoms with Crippen molar-refractivity contribution >= 4 is 38.9 Å². The molecule has 0 radical (unpaired) electrons. The maximum absolute atomic E-state index is 2.53. The number of aromatic nitrogens is 1. The van der Waals surface area contributed by atoms with Crippen LogP contribution in [0, 0.1) is 5.92 Å². The highest BCUT2D eigenvalue weighted by Crippen LogP contribution is 2.51. The molecule has 3 atom stereocenters. The van der Waals surface area contributed by atoms with Gasteiger partial charge in [-0.1, -0.05) is 79.8 Å². The van der Waals surface area contributed by atoms with Crippen molar-refractivity contribution < 1.29 is 0 Å². The van der Waals surface area contributed by atoms with Gasteiger partial charge in [0.1, 0.15) is 0 Å². The molecule has 1 aliphatic heterocycles. The Bertz CT molecular complexity index is 1580. The predicted octanol–water partition coefficient (Wildman–Crippen LogP) is 8.14. The molecule has 3 aliphatic rings.